The summed E-state index contributed by atoms with van der Waals surface area (Å²) in [5, 5.41) is 19.7. The Balaban J connectivity index is 1.07. The fourth-order valence-electron chi connectivity index (χ4n) is 7.67. The van der Waals surface area contributed by atoms with Crippen LogP contribution >= 0.6 is 11.6 Å². The Kier molecular flexibility index (Phi) is 12.0. The summed E-state index contributed by atoms with van der Waals surface area (Å²) in [5.41, 5.74) is 6.26. The molecule has 3 atom stereocenters. The van der Waals surface area contributed by atoms with E-state index >= 15 is 0 Å². The van der Waals surface area contributed by atoms with Gasteiger partial charge in [-0.2, -0.15) is 5.26 Å². The number of piperidine rings is 1. The van der Waals surface area contributed by atoms with Crippen LogP contribution in [-0.2, 0) is 24.6 Å². The van der Waals surface area contributed by atoms with Crippen LogP contribution in [0.15, 0.2) is 67.0 Å². The lowest BCUT2D eigenvalue weighted by Gasteiger charge is -2.34. The van der Waals surface area contributed by atoms with Crippen LogP contribution in [0.5, 0.6) is 23.0 Å². The van der Waals surface area contributed by atoms with Gasteiger partial charge in [0.25, 0.3) is 0 Å². The summed E-state index contributed by atoms with van der Waals surface area (Å²) in [4.78, 5) is 21.2. The molecule has 10 nitrogen and oxygen atoms in total. The fraction of sp³-hybridized carbons (Fsp3) is 0.419. The molecule has 7 rings (SSSR count). The van der Waals surface area contributed by atoms with Crippen molar-refractivity contribution in [3.8, 4) is 40.2 Å². The lowest BCUT2D eigenvalue weighted by atomic mass is 9.96. The van der Waals surface area contributed by atoms with Crippen LogP contribution in [-0.4, -0.2) is 76.7 Å². The SMILES string of the molecule is CC(=O)[C@@H]1CCCCN1Cc1cc(Cl)c(OCc2cccc(-c3ccc4c(c3)OC(CCN3CC[C@H](O)C3)CO4)c2C)cc1OCc1cncc(C#N)c1. The number of rotatable bonds is 13. The van der Waals surface area contributed by atoms with Gasteiger partial charge in [-0.15, -0.1) is 0 Å². The standard InChI is InChI=1S/C43H47ClN4O6/c1-28-33(6-5-7-37(28)32-9-10-40-43(18-32)54-36(27-53-40)12-15-47-14-11-35(50)24-47)26-52-42-19-41(51-25-31-16-30(20-45)21-46-22-31)34(17-38(42)44)23-48-13-4-3-8-39(48)29(2)49/h5-7,9-10,16-19,21-22,35-36,39,50H,3-4,8,11-15,23-27H2,1-2H3/t35-,36?,39-/m0/s1. The summed E-state index contributed by atoms with van der Waals surface area (Å²) >= 11 is 6.90. The molecule has 0 saturated carbocycles. The van der Waals surface area contributed by atoms with E-state index in [1.807, 2.05) is 30.3 Å². The molecule has 2 fully saturated rings. The third-order valence-electron chi connectivity index (χ3n) is 10.7. The lowest BCUT2D eigenvalue weighted by molar-refractivity contribution is -0.123. The van der Waals surface area contributed by atoms with E-state index in [9.17, 15) is 15.2 Å². The minimum absolute atomic E-state index is 0.0499. The normalized spacial score (nSPS) is 20.0. The van der Waals surface area contributed by atoms with Crippen LogP contribution in [0.1, 0.15) is 66.8 Å². The molecule has 2 saturated heterocycles. The molecule has 4 aromatic rings. The summed E-state index contributed by atoms with van der Waals surface area (Å²) in [7, 11) is 0. The maximum Gasteiger partial charge on any atom is 0.162 e. The van der Waals surface area contributed by atoms with E-state index in [4.69, 9.17) is 30.5 Å². The van der Waals surface area contributed by atoms with Crippen LogP contribution in [0.25, 0.3) is 11.1 Å². The number of likely N-dealkylation sites (tertiary alicyclic amines) is 2. The van der Waals surface area contributed by atoms with Gasteiger partial charge in [0.2, 0.25) is 0 Å². The highest BCUT2D eigenvalue weighted by atomic mass is 35.5. The van der Waals surface area contributed by atoms with Crippen molar-refractivity contribution in [1.29, 1.82) is 5.26 Å². The number of ether oxygens (including phenoxy) is 4. The molecule has 11 heteroatoms. The van der Waals surface area contributed by atoms with Gasteiger partial charge >= 0.3 is 0 Å². The molecule has 0 radical (unpaired) electrons. The van der Waals surface area contributed by atoms with Gasteiger partial charge in [0.1, 0.15) is 49.3 Å². The Morgan fingerprint density at radius 1 is 1.02 bits per heavy atom. The molecule has 3 aromatic carbocycles. The number of carbonyl (C=O) groups is 1. The van der Waals surface area contributed by atoms with Gasteiger partial charge in [-0.05, 0) is 86.2 Å². The highest BCUT2D eigenvalue weighted by molar-refractivity contribution is 6.32. The molecular weight excluding hydrogens is 704 g/mol. The first-order valence-electron chi connectivity index (χ1n) is 18.8. The van der Waals surface area contributed by atoms with Gasteiger partial charge in [-0.1, -0.05) is 42.3 Å². The maximum atomic E-state index is 12.5. The predicted octanol–water partition coefficient (Wildman–Crippen LogP) is 7.28. The molecule has 4 heterocycles. The van der Waals surface area contributed by atoms with Crippen molar-refractivity contribution in [1.82, 2.24) is 14.8 Å². The zero-order chi connectivity index (χ0) is 37.6. The Hall–Kier alpha value is -4.66. The highest BCUT2D eigenvalue weighted by Gasteiger charge is 2.28. The van der Waals surface area contributed by atoms with Gasteiger partial charge < -0.3 is 29.0 Å². The number of hydrogen-bond donors (Lipinski definition) is 1. The van der Waals surface area contributed by atoms with E-state index in [0.29, 0.717) is 35.2 Å². The number of benzene rings is 3. The van der Waals surface area contributed by atoms with Gasteiger partial charge in [-0.25, -0.2) is 0 Å². The largest absolute Gasteiger partial charge is 0.488 e. The monoisotopic (exact) mass is 750 g/mol. The van der Waals surface area contributed by atoms with Crippen molar-refractivity contribution in [2.45, 2.75) is 84.0 Å². The van der Waals surface area contributed by atoms with Crippen LogP contribution in [0.2, 0.25) is 5.02 Å². The Morgan fingerprint density at radius 2 is 1.89 bits per heavy atom. The molecule has 0 spiro atoms. The number of ketones is 1. The van der Waals surface area contributed by atoms with Gasteiger partial charge in [-0.3, -0.25) is 14.7 Å². The molecule has 0 amide bonds. The minimum atomic E-state index is -0.231. The minimum Gasteiger partial charge on any atom is -0.488 e. The first-order chi connectivity index (χ1) is 26.2. The quantitative estimate of drug-likeness (QED) is 0.149. The Bertz CT molecular complexity index is 2020. The van der Waals surface area contributed by atoms with Crippen molar-refractivity contribution in [2.75, 3.05) is 32.8 Å². The molecule has 282 valence electrons. The topological polar surface area (TPSA) is 117 Å². The van der Waals surface area contributed by atoms with Gasteiger partial charge in [0.15, 0.2) is 11.5 Å². The number of carbonyl (C=O) groups excluding carboxylic acids is 1. The Morgan fingerprint density at radius 3 is 2.70 bits per heavy atom. The highest BCUT2D eigenvalue weighted by Crippen LogP contribution is 2.39. The summed E-state index contributed by atoms with van der Waals surface area (Å²) in [6.07, 6.45) is 7.48. The van der Waals surface area contributed by atoms with Gasteiger partial charge in [0, 0.05) is 62.2 Å². The number of nitriles is 1. The van der Waals surface area contributed by atoms with Crippen LogP contribution < -0.4 is 18.9 Å². The summed E-state index contributed by atoms with van der Waals surface area (Å²) < 4.78 is 25.3. The number of pyridine rings is 1. The summed E-state index contributed by atoms with van der Waals surface area (Å²) in [6.45, 7) is 8.57. The van der Waals surface area contributed by atoms with Crippen LogP contribution in [0.3, 0.4) is 0 Å². The molecule has 1 aromatic heterocycles. The average molecular weight is 751 g/mol. The first kappa shape index (κ1) is 37.6. The number of β-amino-alcohol motifs (C(OH)–C–C–N with tert-alkyl or cyclic N) is 1. The number of aromatic nitrogens is 1. The zero-order valence-corrected chi connectivity index (χ0v) is 31.7. The van der Waals surface area contributed by atoms with E-state index < -0.39 is 0 Å². The summed E-state index contributed by atoms with van der Waals surface area (Å²) in [5.74, 6) is 2.73. The number of Topliss-reactive ketones (excluding diaryl/α,β-unsaturated/α-hetero) is 1. The second-order valence-corrected chi connectivity index (χ2v) is 15.0. The van der Waals surface area contributed by atoms with E-state index in [-0.39, 0.29) is 37.2 Å². The zero-order valence-electron chi connectivity index (χ0n) is 30.9. The first-order valence-corrected chi connectivity index (χ1v) is 19.2. The number of aliphatic hydroxyl groups is 1. The van der Waals surface area contributed by atoms with Gasteiger partial charge in [0.05, 0.1) is 22.7 Å². The molecule has 3 aliphatic heterocycles. The van der Waals surface area contributed by atoms with Crippen LogP contribution in [0.4, 0.5) is 0 Å². The number of hydrogen-bond acceptors (Lipinski definition) is 10. The second kappa shape index (κ2) is 17.2. The predicted molar refractivity (Wildman–Crippen MR) is 206 cm³/mol. The number of halogens is 1. The maximum absolute atomic E-state index is 12.5. The fourth-order valence-corrected chi connectivity index (χ4v) is 7.91. The number of aliphatic hydroxyl groups excluding tert-OH is 1. The molecular formula is C43H47ClN4O6. The number of nitrogens with zero attached hydrogens (tertiary/aromatic N) is 4. The van der Waals surface area contributed by atoms with E-state index in [2.05, 4.69) is 46.0 Å². The van der Waals surface area contributed by atoms with Crippen molar-refractivity contribution in [3.63, 3.8) is 0 Å². The number of fused-ring (bicyclic) bond motifs is 1. The lowest BCUT2D eigenvalue weighted by Crippen LogP contribution is -2.43. The molecule has 54 heavy (non-hydrogen) atoms. The van der Waals surface area contributed by atoms with Crippen molar-refractivity contribution < 1.29 is 28.8 Å². The van der Waals surface area contributed by atoms with E-state index in [1.54, 1.807) is 19.2 Å². The van der Waals surface area contributed by atoms with Crippen molar-refractivity contribution >= 4 is 17.4 Å². The summed E-state index contributed by atoms with van der Waals surface area (Å²) in [6, 6.07) is 19.7. The molecule has 0 aliphatic carbocycles. The molecule has 0 bridgehead atoms. The van der Waals surface area contributed by atoms with Crippen LogP contribution in [0, 0.1) is 18.3 Å². The molecule has 3 aliphatic rings. The average Bonchev–Trinajstić information content (AvgIpc) is 3.61. The molecule has 1 unspecified atom stereocenters. The van der Waals surface area contributed by atoms with Crippen molar-refractivity contribution in [3.05, 3.63) is 99.8 Å². The third-order valence-corrected chi connectivity index (χ3v) is 11.0. The molecule has 1 N–H and O–H groups in total. The third kappa shape index (κ3) is 8.99. The van der Waals surface area contributed by atoms with Crippen molar-refractivity contribution in [2.24, 2.45) is 0 Å². The Labute approximate surface area is 322 Å². The second-order valence-electron chi connectivity index (χ2n) is 14.6. The van der Waals surface area contributed by atoms with E-state index in [1.165, 1.54) is 6.20 Å². The smallest absolute Gasteiger partial charge is 0.162 e. The van der Waals surface area contributed by atoms with E-state index in [0.717, 1.165) is 103 Å².